The smallest absolute Gasteiger partial charge is 0.328 e. The Kier molecular flexibility index (Phi) is 10.1. The first kappa shape index (κ1) is 25.5. The van der Waals surface area contributed by atoms with Crippen LogP contribution in [0.5, 0.6) is 0 Å². The zero-order chi connectivity index (χ0) is 23.6. The molecule has 0 aliphatic heterocycles. The fraction of sp³-hybridized carbons (Fsp3) is 0.529. The highest BCUT2D eigenvalue weighted by atomic mass is 16.4. The third-order valence-corrected chi connectivity index (χ3v) is 4.17. The highest BCUT2D eigenvalue weighted by Gasteiger charge is 2.31. The standard InChI is InChI=1S/C17H27N7O7/c1-8(25)14(17(30)31)24-15(28)10(2-3-12(19)26)23-16(29)11(22-13(27)5-18)4-9-6-20-7-21-9/h6-8,10-11,14,25H,2-5,18H2,1H3,(H2,19,26)(H,20,21)(H,22,27)(H,23,29)(H,24,28)(H,30,31). The lowest BCUT2D eigenvalue weighted by molar-refractivity contribution is -0.145. The number of carboxylic acids is 1. The summed E-state index contributed by atoms with van der Waals surface area (Å²) in [6, 6.07) is -4.15. The number of H-pyrrole nitrogens is 1. The number of nitrogens with zero attached hydrogens (tertiary/aromatic N) is 1. The molecule has 4 amide bonds. The average molecular weight is 441 g/mol. The van der Waals surface area contributed by atoms with E-state index in [1.165, 1.54) is 19.4 Å². The van der Waals surface area contributed by atoms with E-state index in [0.29, 0.717) is 5.69 Å². The van der Waals surface area contributed by atoms with Crippen LogP contribution in [0, 0.1) is 0 Å². The van der Waals surface area contributed by atoms with Crippen LogP contribution < -0.4 is 27.4 Å². The predicted octanol–water partition coefficient (Wildman–Crippen LogP) is -3.90. The lowest BCUT2D eigenvalue weighted by Crippen LogP contribution is -2.58. The zero-order valence-electron chi connectivity index (χ0n) is 16.8. The molecule has 0 radical (unpaired) electrons. The largest absolute Gasteiger partial charge is 0.480 e. The van der Waals surface area contributed by atoms with Gasteiger partial charge in [-0.05, 0) is 13.3 Å². The summed E-state index contributed by atoms with van der Waals surface area (Å²) >= 11 is 0. The van der Waals surface area contributed by atoms with Crippen molar-refractivity contribution in [1.82, 2.24) is 25.9 Å². The van der Waals surface area contributed by atoms with E-state index in [9.17, 15) is 29.1 Å². The van der Waals surface area contributed by atoms with Crippen molar-refractivity contribution in [3.8, 4) is 0 Å². The molecule has 14 nitrogen and oxygen atoms in total. The van der Waals surface area contributed by atoms with Gasteiger partial charge in [0.1, 0.15) is 12.1 Å². The van der Waals surface area contributed by atoms with Crippen molar-refractivity contribution < 1.29 is 34.2 Å². The molecule has 1 aromatic rings. The van der Waals surface area contributed by atoms with Crippen molar-refractivity contribution in [3.05, 3.63) is 18.2 Å². The van der Waals surface area contributed by atoms with Crippen LogP contribution in [0.2, 0.25) is 0 Å². The summed E-state index contributed by atoms with van der Waals surface area (Å²) in [7, 11) is 0. The minimum Gasteiger partial charge on any atom is -0.480 e. The number of hydrogen-bond acceptors (Lipinski definition) is 8. The highest BCUT2D eigenvalue weighted by molar-refractivity contribution is 5.94. The number of hydrogen-bond donors (Lipinski definition) is 8. The number of carbonyl (C=O) groups excluding carboxylic acids is 4. The summed E-state index contributed by atoms with van der Waals surface area (Å²) in [5.41, 5.74) is 10.9. The number of primary amides is 1. The van der Waals surface area contributed by atoms with E-state index in [2.05, 4.69) is 25.9 Å². The van der Waals surface area contributed by atoms with E-state index >= 15 is 0 Å². The SMILES string of the molecule is CC(O)C(NC(=O)C(CCC(N)=O)NC(=O)C(Cc1cnc[nH]1)NC(=O)CN)C(=O)O. The quantitative estimate of drug-likeness (QED) is 0.149. The molecule has 0 saturated carbocycles. The first-order chi connectivity index (χ1) is 14.5. The first-order valence-electron chi connectivity index (χ1n) is 9.31. The van der Waals surface area contributed by atoms with Crippen LogP contribution in [0.15, 0.2) is 12.5 Å². The number of amides is 4. The second kappa shape index (κ2) is 12.2. The second-order valence-electron chi connectivity index (χ2n) is 6.74. The van der Waals surface area contributed by atoms with Gasteiger partial charge in [0.05, 0.1) is 19.0 Å². The number of imidazole rings is 1. The van der Waals surface area contributed by atoms with Gasteiger partial charge in [0, 0.05) is 24.7 Å². The molecule has 4 unspecified atom stereocenters. The van der Waals surface area contributed by atoms with Crippen LogP contribution in [-0.2, 0) is 30.4 Å². The van der Waals surface area contributed by atoms with Crippen molar-refractivity contribution in [1.29, 1.82) is 0 Å². The summed E-state index contributed by atoms with van der Waals surface area (Å²) < 4.78 is 0. The van der Waals surface area contributed by atoms with Crippen LogP contribution in [-0.4, -0.2) is 80.6 Å². The van der Waals surface area contributed by atoms with E-state index in [1.54, 1.807) is 0 Å². The van der Waals surface area contributed by atoms with E-state index in [1.807, 2.05) is 0 Å². The van der Waals surface area contributed by atoms with E-state index in [0.717, 1.165) is 0 Å². The van der Waals surface area contributed by atoms with Crippen molar-refractivity contribution in [2.24, 2.45) is 11.5 Å². The van der Waals surface area contributed by atoms with Crippen LogP contribution in [0.1, 0.15) is 25.5 Å². The van der Waals surface area contributed by atoms with Crippen molar-refractivity contribution in [3.63, 3.8) is 0 Å². The molecule has 1 rings (SSSR count). The van der Waals surface area contributed by atoms with Crippen LogP contribution in [0.3, 0.4) is 0 Å². The number of nitrogens with one attached hydrogen (secondary N) is 4. The Hall–Kier alpha value is -3.52. The number of aliphatic hydroxyl groups is 1. The molecule has 0 aliphatic carbocycles. The molecular formula is C17H27N7O7. The maximum atomic E-state index is 12.8. The molecule has 0 fully saturated rings. The summed E-state index contributed by atoms with van der Waals surface area (Å²) in [6.45, 7) is 0.784. The maximum Gasteiger partial charge on any atom is 0.328 e. The Labute approximate surface area is 177 Å². The fourth-order valence-corrected chi connectivity index (χ4v) is 2.55. The van der Waals surface area contributed by atoms with Gasteiger partial charge < -0.3 is 42.6 Å². The van der Waals surface area contributed by atoms with Gasteiger partial charge in [-0.15, -0.1) is 0 Å². The van der Waals surface area contributed by atoms with E-state index in [-0.39, 0.29) is 25.8 Å². The van der Waals surface area contributed by atoms with Gasteiger partial charge in [0.2, 0.25) is 23.6 Å². The van der Waals surface area contributed by atoms with E-state index in [4.69, 9.17) is 16.6 Å². The Morgan fingerprint density at radius 1 is 1.13 bits per heavy atom. The number of nitrogens with two attached hydrogens (primary N) is 2. The summed E-state index contributed by atoms with van der Waals surface area (Å²) in [5.74, 6) is -4.60. The second-order valence-corrected chi connectivity index (χ2v) is 6.74. The van der Waals surface area contributed by atoms with Gasteiger partial charge in [0.15, 0.2) is 6.04 Å². The van der Waals surface area contributed by atoms with E-state index < -0.39 is 53.8 Å². The van der Waals surface area contributed by atoms with Crippen molar-refractivity contribution >= 4 is 29.6 Å². The number of carbonyl (C=O) groups is 5. The van der Waals surface area contributed by atoms with Crippen molar-refractivity contribution in [2.45, 2.75) is 50.4 Å². The molecule has 0 saturated heterocycles. The molecule has 0 bridgehead atoms. The number of aromatic nitrogens is 2. The molecule has 4 atom stereocenters. The lowest BCUT2D eigenvalue weighted by Gasteiger charge is -2.25. The number of rotatable bonds is 13. The number of carboxylic acid groups (broad SMARTS) is 1. The monoisotopic (exact) mass is 441 g/mol. The van der Waals surface area contributed by atoms with Gasteiger partial charge in [-0.3, -0.25) is 19.2 Å². The predicted molar refractivity (Wildman–Crippen MR) is 105 cm³/mol. The van der Waals surface area contributed by atoms with Gasteiger partial charge in [0.25, 0.3) is 0 Å². The average Bonchev–Trinajstić information content (AvgIpc) is 3.20. The summed E-state index contributed by atoms with van der Waals surface area (Å²) in [5, 5.41) is 25.6. The van der Waals surface area contributed by atoms with Gasteiger partial charge in [-0.25, -0.2) is 9.78 Å². The Balaban J connectivity index is 3.00. The lowest BCUT2D eigenvalue weighted by atomic mass is 10.1. The van der Waals surface area contributed by atoms with Crippen LogP contribution in [0.25, 0.3) is 0 Å². The molecule has 1 aromatic heterocycles. The number of aromatic amines is 1. The Morgan fingerprint density at radius 3 is 2.26 bits per heavy atom. The highest BCUT2D eigenvalue weighted by Crippen LogP contribution is 2.04. The van der Waals surface area contributed by atoms with Crippen molar-refractivity contribution in [2.75, 3.05) is 6.54 Å². The third kappa shape index (κ3) is 8.79. The minimum atomic E-state index is -1.64. The molecule has 172 valence electrons. The van der Waals surface area contributed by atoms with Gasteiger partial charge >= 0.3 is 5.97 Å². The first-order valence-corrected chi connectivity index (χ1v) is 9.31. The molecule has 31 heavy (non-hydrogen) atoms. The fourth-order valence-electron chi connectivity index (χ4n) is 2.55. The van der Waals surface area contributed by atoms with Crippen LogP contribution >= 0.6 is 0 Å². The Bertz CT molecular complexity index is 782. The molecule has 1 heterocycles. The molecule has 0 aromatic carbocycles. The van der Waals surface area contributed by atoms with Gasteiger partial charge in [-0.1, -0.05) is 0 Å². The summed E-state index contributed by atoms with van der Waals surface area (Å²) in [4.78, 5) is 66.0. The molecule has 10 N–H and O–H groups in total. The topological polar surface area (TPSA) is 243 Å². The molecular weight excluding hydrogens is 414 g/mol. The number of aliphatic hydroxyl groups excluding tert-OH is 1. The summed E-state index contributed by atoms with van der Waals surface area (Å²) in [6.07, 6.45) is 0.858. The van der Waals surface area contributed by atoms with Crippen LogP contribution in [0.4, 0.5) is 0 Å². The zero-order valence-corrected chi connectivity index (χ0v) is 16.8. The molecule has 0 aliphatic rings. The Morgan fingerprint density at radius 2 is 1.77 bits per heavy atom. The molecule has 0 spiro atoms. The maximum absolute atomic E-state index is 12.8. The normalized spacial score (nSPS) is 14.5. The number of aliphatic carboxylic acids is 1. The minimum absolute atomic E-state index is 0.00679. The third-order valence-electron chi connectivity index (χ3n) is 4.17. The molecule has 14 heteroatoms. The van der Waals surface area contributed by atoms with Gasteiger partial charge in [-0.2, -0.15) is 0 Å².